The van der Waals surface area contributed by atoms with Crippen molar-refractivity contribution in [2.45, 2.75) is 50.5 Å². The second kappa shape index (κ2) is 9.20. The Morgan fingerprint density at radius 3 is 2.54 bits per heavy atom. The van der Waals surface area contributed by atoms with Crippen molar-refractivity contribution in [3.63, 3.8) is 0 Å². The van der Waals surface area contributed by atoms with E-state index < -0.39 is 5.54 Å². The minimum Gasteiger partial charge on any atom is -0.339 e. The fourth-order valence-corrected chi connectivity index (χ4v) is 3.95. The van der Waals surface area contributed by atoms with Crippen molar-refractivity contribution < 1.29 is 9.59 Å². The number of hydrogen-bond acceptors (Lipinski definition) is 4. The molecule has 1 N–H and O–H groups in total. The third-order valence-electron chi connectivity index (χ3n) is 5.37. The first-order chi connectivity index (χ1) is 13.5. The molecular weight excluding hydrogens is 352 g/mol. The number of rotatable bonds is 4. The van der Waals surface area contributed by atoms with Crippen molar-refractivity contribution in [3.8, 4) is 11.8 Å². The van der Waals surface area contributed by atoms with E-state index in [0.29, 0.717) is 12.1 Å². The van der Waals surface area contributed by atoms with E-state index in [4.69, 9.17) is 0 Å². The SMILES string of the molecule is CN(C)CC(=O)NC1(C#Cc2cncc(C(=O)N3CCCC3)c2)CCCCC1. The van der Waals surface area contributed by atoms with Crippen LogP contribution in [-0.4, -0.2) is 65.9 Å². The van der Waals surface area contributed by atoms with Crippen LogP contribution < -0.4 is 5.32 Å². The van der Waals surface area contributed by atoms with Crippen LogP contribution in [0.4, 0.5) is 0 Å². The van der Waals surface area contributed by atoms with Crippen LogP contribution in [0, 0.1) is 11.8 Å². The van der Waals surface area contributed by atoms with Gasteiger partial charge in [0.05, 0.1) is 12.1 Å². The van der Waals surface area contributed by atoms with Gasteiger partial charge in [0.25, 0.3) is 5.91 Å². The van der Waals surface area contributed by atoms with Crippen molar-refractivity contribution in [1.82, 2.24) is 20.1 Å². The summed E-state index contributed by atoms with van der Waals surface area (Å²) in [5, 5.41) is 3.17. The second-order valence-electron chi connectivity index (χ2n) is 8.14. The van der Waals surface area contributed by atoms with Crippen LogP contribution in [0.25, 0.3) is 0 Å². The Kier molecular flexibility index (Phi) is 6.69. The van der Waals surface area contributed by atoms with Gasteiger partial charge in [-0.3, -0.25) is 14.6 Å². The maximum atomic E-state index is 12.6. The van der Waals surface area contributed by atoms with Gasteiger partial charge in [0, 0.05) is 31.0 Å². The molecule has 0 atom stereocenters. The molecule has 6 heteroatoms. The summed E-state index contributed by atoms with van der Waals surface area (Å²) in [6.07, 6.45) is 10.4. The summed E-state index contributed by atoms with van der Waals surface area (Å²) >= 11 is 0. The molecule has 1 aromatic heterocycles. The van der Waals surface area contributed by atoms with Gasteiger partial charge in [-0.15, -0.1) is 0 Å². The molecule has 0 spiro atoms. The maximum absolute atomic E-state index is 12.6. The monoisotopic (exact) mass is 382 g/mol. The van der Waals surface area contributed by atoms with Gasteiger partial charge in [0.2, 0.25) is 5.91 Å². The quantitative estimate of drug-likeness (QED) is 0.810. The van der Waals surface area contributed by atoms with E-state index in [2.05, 4.69) is 22.1 Å². The lowest BCUT2D eigenvalue weighted by atomic mass is 9.82. The molecule has 0 unspecified atom stereocenters. The highest BCUT2D eigenvalue weighted by molar-refractivity contribution is 5.94. The molecule has 0 aromatic carbocycles. The zero-order valence-corrected chi connectivity index (χ0v) is 17.0. The lowest BCUT2D eigenvalue weighted by Gasteiger charge is -2.34. The number of hydrogen-bond donors (Lipinski definition) is 1. The van der Waals surface area contributed by atoms with Gasteiger partial charge in [-0.05, 0) is 45.8 Å². The normalized spacial score (nSPS) is 18.5. The summed E-state index contributed by atoms with van der Waals surface area (Å²) < 4.78 is 0. The van der Waals surface area contributed by atoms with Crippen LogP contribution in [0.2, 0.25) is 0 Å². The molecule has 1 aliphatic heterocycles. The van der Waals surface area contributed by atoms with Gasteiger partial charge >= 0.3 is 0 Å². The highest BCUT2D eigenvalue weighted by atomic mass is 16.2. The van der Waals surface area contributed by atoms with Crippen LogP contribution in [0.1, 0.15) is 60.9 Å². The van der Waals surface area contributed by atoms with Crippen LogP contribution in [-0.2, 0) is 4.79 Å². The molecule has 0 bridgehead atoms. The number of nitrogens with zero attached hydrogens (tertiary/aromatic N) is 3. The number of amides is 2. The smallest absolute Gasteiger partial charge is 0.255 e. The Balaban J connectivity index is 1.77. The summed E-state index contributed by atoms with van der Waals surface area (Å²) in [7, 11) is 3.76. The van der Waals surface area contributed by atoms with E-state index in [9.17, 15) is 9.59 Å². The molecule has 1 saturated heterocycles. The Morgan fingerprint density at radius 1 is 1.14 bits per heavy atom. The van der Waals surface area contributed by atoms with E-state index in [0.717, 1.165) is 57.2 Å². The zero-order chi connectivity index (χ0) is 20.0. The minimum absolute atomic E-state index is 0.00251. The molecule has 1 saturated carbocycles. The van der Waals surface area contributed by atoms with E-state index in [1.54, 1.807) is 12.4 Å². The lowest BCUT2D eigenvalue weighted by Crippen LogP contribution is -2.51. The molecule has 2 fully saturated rings. The molecule has 3 rings (SSSR count). The van der Waals surface area contributed by atoms with Crippen molar-refractivity contribution in [2.24, 2.45) is 0 Å². The van der Waals surface area contributed by atoms with E-state index >= 15 is 0 Å². The van der Waals surface area contributed by atoms with Crippen molar-refractivity contribution >= 4 is 11.8 Å². The summed E-state index contributed by atoms with van der Waals surface area (Å²) in [5.41, 5.74) is 0.820. The number of aromatic nitrogens is 1. The fraction of sp³-hybridized carbons (Fsp3) is 0.591. The topological polar surface area (TPSA) is 65.5 Å². The summed E-state index contributed by atoms with van der Waals surface area (Å²) in [6.45, 7) is 1.98. The van der Waals surface area contributed by atoms with Gasteiger partial charge in [0.1, 0.15) is 5.54 Å². The number of carbonyl (C=O) groups is 2. The molecule has 28 heavy (non-hydrogen) atoms. The summed E-state index contributed by atoms with van der Waals surface area (Å²) in [5.74, 6) is 6.54. The highest BCUT2D eigenvalue weighted by Gasteiger charge is 2.31. The first-order valence-electron chi connectivity index (χ1n) is 10.2. The van der Waals surface area contributed by atoms with Crippen molar-refractivity contribution in [2.75, 3.05) is 33.7 Å². The standard InChI is InChI=1S/C22H30N4O2/c1-25(2)17-20(27)24-22(9-4-3-5-10-22)11-8-18-14-19(16-23-15-18)21(28)26-12-6-7-13-26/h14-16H,3-7,9-10,12-13,17H2,1-2H3,(H,24,27). The molecular formula is C22H30N4O2. The molecule has 1 aliphatic carbocycles. The predicted molar refractivity (Wildman–Crippen MR) is 109 cm³/mol. The molecule has 6 nitrogen and oxygen atoms in total. The average Bonchev–Trinajstić information content (AvgIpc) is 3.21. The molecule has 2 aliphatic rings. The molecule has 2 amide bonds. The molecule has 150 valence electrons. The number of likely N-dealkylation sites (N-methyl/N-ethyl adjacent to an activating group) is 1. The van der Waals surface area contributed by atoms with E-state index in [1.807, 2.05) is 30.0 Å². The number of pyridine rings is 1. The van der Waals surface area contributed by atoms with Crippen molar-refractivity contribution in [3.05, 3.63) is 29.6 Å². The lowest BCUT2D eigenvalue weighted by molar-refractivity contribution is -0.123. The molecule has 0 radical (unpaired) electrons. The second-order valence-corrected chi connectivity index (χ2v) is 8.14. The third kappa shape index (κ3) is 5.32. The van der Waals surface area contributed by atoms with Crippen LogP contribution in [0.5, 0.6) is 0 Å². The van der Waals surface area contributed by atoms with Gasteiger partial charge in [0.15, 0.2) is 0 Å². The van der Waals surface area contributed by atoms with E-state index in [-0.39, 0.29) is 11.8 Å². The Labute approximate surface area is 167 Å². The Hall–Kier alpha value is -2.39. The number of nitrogens with one attached hydrogen (secondary N) is 1. The minimum atomic E-state index is -0.486. The first kappa shape index (κ1) is 20.3. The average molecular weight is 383 g/mol. The third-order valence-corrected chi connectivity index (χ3v) is 5.37. The molecule has 1 aromatic rings. The van der Waals surface area contributed by atoms with Gasteiger partial charge in [-0.2, -0.15) is 0 Å². The number of likely N-dealkylation sites (tertiary alicyclic amines) is 1. The first-order valence-corrected chi connectivity index (χ1v) is 10.2. The Bertz CT molecular complexity index is 766. The number of carbonyl (C=O) groups excluding carboxylic acids is 2. The fourth-order valence-electron chi connectivity index (χ4n) is 3.95. The van der Waals surface area contributed by atoms with Gasteiger partial charge in [-0.25, -0.2) is 0 Å². The van der Waals surface area contributed by atoms with Crippen LogP contribution in [0.3, 0.4) is 0 Å². The molecule has 2 heterocycles. The largest absolute Gasteiger partial charge is 0.339 e. The zero-order valence-electron chi connectivity index (χ0n) is 17.0. The van der Waals surface area contributed by atoms with Crippen molar-refractivity contribution in [1.29, 1.82) is 0 Å². The highest BCUT2D eigenvalue weighted by Crippen LogP contribution is 2.28. The van der Waals surface area contributed by atoms with Gasteiger partial charge in [-0.1, -0.05) is 31.1 Å². The summed E-state index contributed by atoms with van der Waals surface area (Å²) in [4.78, 5) is 32.9. The van der Waals surface area contributed by atoms with Gasteiger partial charge < -0.3 is 15.1 Å². The predicted octanol–water partition coefficient (Wildman–Crippen LogP) is 2.05. The Morgan fingerprint density at radius 2 is 1.86 bits per heavy atom. The van der Waals surface area contributed by atoms with Crippen LogP contribution in [0.15, 0.2) is 18.5 Å². The summed E-state index contributed by atoms with van der Waals surface area (Å²) in [6, 6.07) is 1.82. The maximum Gasteiger partial charge on any atom is 0.255 e. The van der Waals surface area contributed by atoms with E-state index in [1.165, 1.54) is 6.42 Å². The van der Waals surface area contributed by atoms with Crippen LogP contribution >= 0.6 is 0 Å².